The first-order chi connectivity index (χ1) is 8.54. The number of esters is 1. The first-order valence-electron chi connectivity index (χ1n) is 5.59. The lowest BCUT2D eigenvalue weighted by Crippen LogP contribution is -2.33. The zero-order valence-electron chi connectivity index (χ0n) is 10.8. The van der Waals surface area contributed by atoms with Crippen molar-refractivity contribution >= 4 is 29.3 Å². The molecule has 0 saturated heterocycles. The second-order valence-electron chi connectivity index (χ2n) is 3.99. The smallest absolute Gasteiger partial charge is 0.310 e. The van der Waals surface area contributed by atoms with Crippen molar-refractivity contribution in [2.45, 2.75) is 6.92 Å². The Balaban J connectivity index is 2.49. The van der Waals surface area contributed by atoms with Gasteiger partial charge in [0.1, 0.15) is 0 Å². The van der Waals surface area contributed by atoms with Crippen LogP contribution in [0.1, 0.15) is 11.8 Å². The van der Waals surface area contributed by atoms with Gasteiger partial charge in [0, 0.05) is 24.5 Å². The highest BCUT2D eigenvalue weighted by molar-refractivity contribution is 7.10. The Hall–Kier alpha value is -1.62. The molecule has 0 bridgehead atoms. The summed E-state index contributed by atoms with van der Waals surface area (Å²) in [7, 11) is 3.01. The number of hydrogen-bond acceptors (Lipinski definition) is 4. The summed E-state index contributed by atoms with van der Waals surface area (Å²) in [5.74, 6) is -0.755. The molecule has 18 heavy (non-hydrogen) atoms. The number of amides is 1. The molecule has 0 N–H and O–H groups in total. The van der Waals surface area contributed by atoms with Gasteiger partial charge in [-0.2, -0.15) is 0 Å². The first-order valence-corrected chi connectivity index (χ1v) is 6.47. The van der Waals surface area contributed by atoms with E-state index in [2.05, 4.69) is 4.74 Å². The lowest BCUT2D eigenvalue weighted by molar-refractivity contribution is -0.145. The van der Waals surface area contributed by atoms with Crippen LogP contribution in [0.25, 0.3) is 6.08 Å². The van der Waals surface area contributed by atoms with Crippen molar-refractivity contribution in [2.24, 2.45) is 5.92 Å². The largest absolute Gasteiger partial charge is 0.469 e. The summed E-state index contributed by atoms with van der Waals surface area (Å²) < 4.78 is 4.62. The summed E-state index contributed by atoms with van der Waals surface area (Å²) in [4.78, 5) is 25.5. The van der Waals surface area contributed by atoms with Crippen molar-refractivity contribution in [3.8, 4) is 0 Å². The Kier molecular flexibility index (Phi) is 5.58. The van der Waals surface area contributed by atoms with E-state index in [0.29, 0.717) is 6.54 Å². The summed E-state index contributed by atoms with van der Waals surface area (Å²) in [5, 5.41) is 1.95. The Morgan fingerprint density at radius 3 is 2.83 bits per heavy atom. The molecule has 1 heterocycles. The molecule has 5 heteroatoms. The first kappa shape index (κ1) is 14.4. The van der Waals surface area contributed by atoms with Crippen LogP contribution >= 0.6 is 11.3 Å². The molecule has 1 aromatic rings. The van der Waals surface area contributed by atoms with Gasteiger partial charge in [0.05, 0.1) is 13.0 Å². The van der Waals surface area contributed by atoms with Crippen molar-refractivity contribution < 1.29 is 14.3 Å². The van der Waals surface area contributed by atoms with Crippen molar-refractivity contribution in [2.75, 3.05) is 20.7 Å². The highest BCUT2D eigenvalue weighted by Gasteiger charge is 2.17. The van der Waals surface area contributed by atoms with E-state index in [4.69, 9.17) is 0 Å². The minimum atomic E-state index is -0.320. The molecule has 0 saturated carbocycles. The van der Waals surface area contributed by atoms with Crippen molar-refractivity contribution in [1.82, 2.24) is 4.90 Å². The zero-order chi connectivity index (χ0) is 13.5. The maximum Gasteiger partial charge on any atom is 0.310 e. The summed E-state index contributed by atoms with van der Waals surface area (Å²) in [6.07, 6.45) is 3.28. The Morgan fingerprint density at radius 1 is 1.56 bits per heavy atom. The summed E-state index contributed by atoms with van der Waals surface area (Å²) in [6.45, 7) is 2.08. The number of ether oxygens (including phenoxy) is 1. The predicted molar refractivity (Wildman–Crippen MR) is 72.2 cm³/mol. The van der Waals surface area contributed by atoms with Crippen LogP contribution in [0.4, 0.5) is 0 Å². The molecule has 1 aromatic heterocycles. The second kappa shape index (κ2) is 6.96. The summed E-state index contributed by atoms with van der Waals surface area (Å²) in [6, 6.07) is 3.86. The summed E-state index contributed by atoms with van der Waals surface area (Å²) >= 11 is 1.57. The minimum absolute atomic E-state index is 0.126. The van der Waals surface area contributed by atoms with Crippen LogP contribution in [0.2, 0.25) is 0 Å². The van der Waals surface area contributed by atoms with Crippen LogP contribution in [0.15, 0.2) is 23.6 Å². The average Bonchev–Trinajstić information content (AvgIpc) is 2.87. The van der Waals surface area contributed by atoms with Crippen molar-refractivity contribution in [3.05, 3.63) is 28.5 Å². The molecule has 1 amide bonds. The van der Waals surface area contributed by atoms with Crippen LogP contribution in [-0.2, 0) is 14.3 Å². The number of rotatable bonds is 5. The number of likely N-dealkylation sites (N-methyl/N-ethyl adjacent to an activating group) is 1. The molecule has 1 rings (SSSR count). The Morgan fingerprint density at radius 2 is 2.28 bits per heavy atom. The van der Waals surface area contributed by atoms with Crippen LogP contribution in [0.3, 0.4) is 0 Å². The molecule has 98 valence electrons. The molecule has 0 spiro atoms. The van der Waals surface area contributed by atoms with E-state index in [1.165, 1.54) is 18.1 Å². The number of carbonyl (C=O) groups is 2. The third kappa shape index (κ3) is 4.33. The molecule has 1 atom stereocenters. The van der Waals surface area contributed by atoms with Crippen LogP contribution < -0.4 is 0 Å². The molecule has 0 fully saturated rings. The molecule has 0 aliphatic heterocycles. The van der Waals surface area contributed by atoms with Crippen LogP contribution in [-0.4, -0.2) is 37.5 Å². The molecular weight excluding hydrogens is 250 g/mol. The molecule has 0 aliphatic carbocycles. The van der Waals surface area contributed by atoms with E-state index in [9.17, 15) is 9.59 Å². The van der Waals surface area contributed by atoms with Gasteiger partial charge in [-0.25, -0.2) is 0 Å². The Labute approximate surface area is 111 Å². The van der Waals surface area contributed by atoms with Crippen molar-refractivity contribution in [1.29, 1.82) is 0 Å². The van der Waals surface area contributed by atoms with E-state index in [0.717, 1.165) is 4.88 Å². The number of thiophene rings is 1. The van der Waals surface area contributed by atoms with E-state index in [-0.39, 0.29) is 17.8 Å². The molecular formula is C13H17NO3S. The molecule has 0 aromatic carbocycles. The average molecular weight is 267 g/mol. The normalized spacial score (nSPS) is 12.4. The molecule has 0 radical (unpaired) electrons. The van der Waals surface area contributed by atoms with Gasteiger partial charge in [-0.15, -0.1) is 11.3 Å². The molecule has 0 aliphatic rings. The van der Waals surface area contributed by atoms with E-state index in [1.807, 2.05) is 17.5 Å². The monoisotopic (exact) mass is 267 g/mol. The van der Waals surface area contributed by atoms with E-state index < -0.39 is 0 Å². The standard InChI is InChI=1S/C13H17NO3S/c1-10(13(16)17-3)9-14(2)12(15)7-6-11-5-4-8-18-11/h4-8,10H,9H2,1-3H3/b7-6+. The van der Waals surface area contributed by atoms with Crippen molar-refractivity contribution in [3.63, 3.8) is 0 Å². The van der Waals surface area contributed by atoms with Gasteiger partial charge in [-0.05, 0) is 17.5 Å². The highest BCUT2D eigenvalue weighted by atomic mass is 32.1. The van der Waals surface area contributed by atoms with Gasteiger partial charge < -0.3 is 9.64 Å². The van der Waals surface area contributed by atoms with Gasteiger partial charge in [0.25, 0.3) is 0 Å². The maximum absolute atomic E-state index is 11.8. The van der Waals surface area contributed by atoms with Gasteiger partial charge >= 0.3 is 5.97 Å². The number of nitrogens with zero attached hydrogens (tertiary/aromatic N) is 1. The lowest BCUT2D eigenvalue weighted by Gasteiger charge is -2.18. The van der Waals surface area contributed by atoms with Gasteiger partial charge in [0.2, 0.25) is 5.91 Å². The minimum Gasteiger partial charge on any atom is -0.469 e. The van der Waals surface area contributed by atoms with Crippen LogP contribution in [0.5, 0.6) is 0 Å². The second-order valence-corrected chi connectivity index (χ2v) is 4.97. The third-order valence-corrected chi connectivity index (χ3v) is 3.30. The fourth-order valence-electron chi connectivity index (χ4n) is 1.44. The number of methoxy groups -OCH3 is 1. The van der Waals surface area contributed by atoms with Gasteiger partial charge in [-0.1, -0.05) is 13.0 Å². The third-order valence-electron chi connectivity index (χ3n) is 2.46. The summed E-state index contributed by atoms with van der Waals surface area (Å²) in [5.41, 5.74) is 0. The Bertz CT molecular complexity index is 425. The predicted octanol–water partition coefficient (Wildman–Crippen LogP) is 2.03. The fourth-order valence-corrected chi connectivity index (χ4v) is 2.06. The fraction of sp³-hybridized carbons (Fsp3) is 0.385. The number of carbonyl (C=O) groups excluding carboxylic acids is 2. The molecule has 1 unspecified atom stereocenters. The highest BCUT2D eigenvalue weighted by Crippen LogP contribution is 2.10. The van der Waals surface area contributed by atoms with E-state index >= 15 is 0 Å². The van der Waals surface area contributed by atoms with E-state index in [1.54, 1.807) is 31.4 Å². The van der Waals surface area contributed by atoms with Gasteiger partial charge in [-0.3, -0.25) is 9.59 Å². The maximum atomic E-state index is 11.8. The quantitative estimate of drug-likeness (QED) is 0.606. The SMILES string of the molecule is COC(=O)C(C)CN(C)C(=O)/C=C/c1cccs1. The topological polar surface area (TPSA) is 46.6 Å². The molecule has 4 nitrogen and oxygen atoms in total. The van der Waals surface area contributed by atoms with Gasteiger partial charge in [0.15, 0.2) is 0 Å². The van der Waals surface area contributed by atoms with Crippen LogP contribution in [0, 0.1) is 5.92 Å². The lowest BCUT2D eigenvalue weighted by atomic mass is 10.2. The zero-order valence-corrected chi connectivity index (χ0v) is 11.6. The number of hydrogen-bond donors (Lipinski definition) is 0.